The summed E-state index contributed by atoms with van der Waals surface area (Å²) in [5.41, 5.74) is 13.8. The van der Waals surface area contributed by atoms with Crippen molar-refractivity contribution < 1.29 is 18.4 Å². The van der Waals surface area contributed by atoms with Gasteiger partial charge in [0.05, 0.1) is 29.7 Å². The predicted octanol–water partition coefficient (Wildman–Crippen LogP) is 2.57. The Morgan fingerprint density at radius 3 is 2.49 bits per heavy atom. The lowest BCUT2D eigenvalue weighted by molar-refractivity contribution is 0.0918. The van der Waals surface area contributed by atoms with Crippen LogP contribution in [-0.4, -0.2) is 66.7 Å². The number of nitrogens with zero attached hydrogens (tertiary/aromatic N) is 4. The van der Waals surface area contributed by atoms with E-state index in [0.717, 1.165) is 31.5 Å². The van der Waals surface area contributed by atoms with Crippen molar-refractivity contribution in [2.75, 3.05) is 47.8 Å². The minimum absolute atomic E-state index is 0.0268. The van der Waals surface area contributed by atoms with Crippen molar-refractivity contribution in [2.24, 2.45) is 11.5 Å². The molecular formula is C30H35F2N9O2. The van der Waals surface area contributed by atoms with Gasteiger partial charge in [-0.1, -0.05) is 6.07 Å². The Kier molecular flexibility index (Phi) is 8.08. The molecule has 7 N–H and O–H groups in total. The van der Waals surface area contributed by atoms with E-state index in [2.05, 4.69) is 25.9 Å². The summed E-state index contributed by atoms with van der Waals surface area (Å²) in [6, 6.07) is 8.99. The number of carbonyl (C=O) groups is 2. The third kappa shape index (κ3) is 6.22. The molecule has 43 heavy (non-hydrogen) atoms. The molecule has 2 saturated heterocycles. The van der Waals surface area contributed by atoms with Crippen LogP contribution in [-0.2, 0) is 0 Å². The number of nitrogens with two attached hydrogens (primary N) is 2. The van der Waals surface area contributed by atoms with Crippen molar-refractivity contribution in [1.29, 1.82) is 0 Å². The average Bonchev–Trinajstić information content (AvgIpc) is 3.84. The molecule has 3 fully saturated rings. The smallest absolute Gasteiger partial charge is 0.271 e. The lowest BCUT2D eigenvalue weighted by atomic mass is 10.0. The minimum Gasteiger partial charge on any atom is -0.367 e. The highest BCUT2D eigenvalue weighted by atomic mass is 19.1. The van der Waals surface area contributed by atoms with Gasteiger partial charge in [0.1, 0.15) is 11.6 Å². The monoisotopic (exact) mass is 591 g/mol. The number of rotatable bonds is 8. The molecule has 6 rings (SSSR count). The van der Waals surface area contributed by atoms with Crippen molar-refractivity contribution in [3.05, 3.63) is 71.1 Å². The predicted molar refractivity (Wildman–Crippen MR) is 159 cm³/mol. The highest BCUT2D eigenvalue weighted by Crippen LogP contribution is 2.40. The SMILES string of the molecule is NC(=O)c1ncc(N2CCC[C@@H](NC(=O)c3ccc(C4CC4)cc3F)[C@H]2N)nc1Nc1ccc(N2CCNCC2)c(F)c1. The Balaban J connectivity index is 1.19. The van der Waals surface area contributed by atoms with Crippen LogP contribution < -0.4 is 37.2 Å². The molecule has 11 nitrogen and oxygen atoms in total. The topological polar surface area (TPSA) is 155 Å². The molecule has 0 radical (unpaired) electrons. The summed E-state index contributed by atoms with van der Waals surface area (Å²) in [7, 11) is 0. The van der Waals surface area contributed by atoms with Crippen LogP contribution in [0.2, 0.25) is 0 Å². The molecule has 1 saturated carbocycles. The van der Waals surface area contributed by atoms with Crippen LogP contribution in [0.5, 0.6) is 0 Å². The van der Waals surface area contributed by atoms with Gasteiger partial charge < -0.3 is 37.2 Å². The van der Waals surface area contributed by atoms with Gasteiger partial charge in [0, 0.05) is 38.4 Å². The van der Waals surface area contributed by atoms with Crippen LogP contribution in [0, 0.1) is 11.6 Å². The number of benzene rings is 2. The highest BCUT2D eigenvalue weighted by molar-refractivity contribution is 5.96. The molecule has 226 valence electrons. The van der Waals surface area contributed by atoms with E-state index in [1.807, 2.05) is 4.90 Å². The van der Waals surface area contributed by atoms with Gasteiger partial charge in [-0.15, -0.1) is 0 Å². The number of anilines is 4. The second-order valence-corrected chi connectivity index (χ2v) is 11.2. The Bertz CT molecular complexity index is 1530. The molecule has 3 heterocycles. The van der Waals surface area contributed by atoms with Gasteiger partial charge in [0.15, 0.2) is 17.3 Å². The second-order valence-electron chi connectivity index (χ2n) is 11.2. The van der Waals surface area contributed by atoms with E-state index in [0.29, 0.717) is 55.6 Å². The minimum atomic E-state index is -0.803. The van der Waals surface area contributed by atoms with Crippen LogP contribution in [0.25, 0.3) is 0 Å². The first-order valence-electron chi connectivity index (χ1n) is 14.6. The van der Waals surface area contributed by atoms with E-state index in [1.165, 1.54) is 24.4 Å². The Hall–Kier alpha value is -4.36. The van der Waals surface area contributed by atoms with Crippen LogP contribution >= 0.6 is 0 Å². The summed E-state index contributed by atoms with van der Waals surface area (Å²) in [6.45, 7) is 3.45. The standard InChI is InChI=1S/C30H35F2N9O2/c31-21-14-18(17-3-4-17)5-7-20(21)30(43)38-23-2-1-11-41(27(23)33)25-16-36-26(28(34)42)29(39-25)37-19-6-8-24(22(32)15-19)40-12-9-35-10-13-40/h5-8,14-17,23,27,35H,1-4,9-13,33H2,(H2,34,42)(H,37,39)(H,38,43)/t23-,27+/m1/s1. The number of amides is 2. The zero-order valence-corrected chi connectivity index (χ0v) is 23.7. The summed E-state index contributed by atoms with van der Waals surface area (Å²) in [6.07, 6.45) is 4.02. The summed E-state index contributed by atoms with van der Waals surface area (Å²) in [4.78, 5) is 37.7. The maximum Gasteiger partial charge on any atom is 0.271 e. The Morgan fingerprint density at radius 1 is 1.00 bits per heavy atom. The summed E-state index contributed by atoms with van der Waals surface area (Å²) in [5.74, 6) is -1.53. The molecule has 0 spiro atoms. The molecule has 0 bridgehead atoms. The van der Waals surface area contributed by atoms with Gasteiger partial charge in [-0.3, -0.25) is 9.59 Å². The van der Waals surface area contributed by atoms with E-state index in [4.69, 9.17) is 11.5 Å². The molecule has 13 heteroatoms. The van der Waals surface area contributed by atoms with Gasteiger partial charge in [0.2, 0.25) is 0 Å². The van der Waals surface area contributed by atoms with Crippen LogP contribution in [0.4, 0.5) is 31.8 Å². The number of hydrogen-bond donors (Lipinski definition) is 5. The normalized spacial score (nSPS) is 20.5. The highest BCUT2D eigenvalue weighted by Gasteiger charge is 2.32. The second kappa shape index (κ2) is 12.1. The van der Waals surface area contributed by atoms with Crippen LogP contribution in [0.15, 0.2) is 42.6 Å². The molecule has 3 aliphatic rings. The van der Waals surface area contributed by atoms with Crippen molar-refractivity contribution in [2.45, 2.75) is 43.8 Å². The number of halogens is 2. The lowest BCUT2D eigenvalue weighted by Gasteiger charge is -2.40. The van der Waals surface area contributed by atoms with Crippen LogP contribution in [0.3, 0.4) is 0 Å². The molecule has 2 amide bonds. The first kappa shape index (κ1) is 28.7. The van der Waals surface area contributed by atoms with Gasteiger partial charge in [0.25, 0.3) is 11.8 Å². The molecule has 1 aliphatic carbocycles. The van der Waals surface area contributed by atoms with Gasteiger partial charge in [-0.25, -0.2) is 18.7 Å². The van der Waals surface area contributed by atoms with Crippen molar-refractivity contribution in [1.82, 2.24) is 20.6 Å². The number of primary amides is 1. The van der Waals surface area contributed by atoms with Crippen molar-refractivity contribution in [3.63, 3.8) is 0 Å². The first-order chi connectivity index (χ1) is 20.8. The van der Waals surface area contributed by atoms with Crippen molar-refractivity contribution in [3.8, 4) is 0 Å². The Labute approximate surface area is 248 Å². The number of piperidine rings is 1. The van der Waals surface area contributed by atoms with E-state index in [-0.39, 0.29) is 17.1 Å². The lowest BCUT2D eigenvalue weighted by Crippen LogP contribution is -2.60. The molecule has 3 aromatic rings. The van der Waals surface area contributed by atoms with E-state index in [1.54, 1.807) is 23.1 Å². The van der Waals surface area contributed by atoms with Gasteiger partial charge in [-0.05, 0) is 67.5 Å². The number of piperazine rings is 1. The average molecular weight is 592 g/mol. The summed E-state index contributed by atoms with van der Waals surface area (Å²) in [5, 5.41) is 9.11. The third-order valence-electron chi connectivity index (χ3n) is 8.24. The zero-order valence-electron chi connectivity index (χ0n) is 23.7. The molecule has 2 aromatic carbocycles. The van der Waals surface area contributed by atoms with Crippen molar-refractivity contribution >= 4 is 34.8 Å². The van der Waals surface area contributed by atoms with E-state index < -0.39 is 35.7 Å². The third-order valence-corrected chi connectivity index (χ3v) is 8.24. The number of hydrogen-bond acceptors (Lipinski definition) is 9. The van der Waals surface area contributed by atoms with Crippen LogP contribution in [0.1, 0.15) is 58.0 Å². The fourth-order valence-corrected chi connectivity index (χ4v) is 5.74. The molecule has 1 aromatic heterocycles. The number of carbonyl (C=O) groups excluding carboxylic acids is 2. The number of aromatic nitrogens is 2. The largest absolute Gasteiger partial charge is 0.367 e. The molecular weight excluding hydrogens is 556 g/mol. The zero-order chi connectivity index (χ0) is 30.1. The van der Waals surface area contributed by atoms with E-state index >= 15 is 4.39 Å². The first-order valence-corrected chi connectivity index (χ1v) is 14.6. The maximum absolute atomic E-state index is 15.1. The number of nitrogens with one attached hydrogen (secondary N) is 3. The fourth-order valence-electron chi connectivity index (χ4n) is 5.74. The quantitative estimate of drug-likeness (QED) is 0.266. The molecule has 0 unspecified atom stereocenters. The molecule has 2 atom stereocenters. The summed E-state index contributed by atoms with van der Waals surface area (Å²) < 4.78 is 29.8. The van der Waals surface area contributed by atoms with Gasteiger partial charge in [-0.2, -0.15) is 0 Å². The molecule has 2 aliphatic heterocycles. The fraction of sp³-hybridized carbons (Fsp3) is 0.400. The van der Waals surface area contributed by atoms with Gasteiger partial charge >= 0.3 is 0 Å². The maximum atomic E-state index is 15.1. The summed E-state index contributed by atoms with van der Waals surface area (Å²) >= 11 is 0. The Morgan fingerprint density at radius 2 is 1.79 bits per heavy atom. The van der Waals surface area contributed by atoms with E-state index in [9.17, 15) is 14.0 Å².